The first kappa shape index (κ1) is 13.0. The second-order valence-corrected chi connectivity index (χ2v) is 5.01. The molecule has 1 atom stereocenters. The van der Waals surface area contributed by atoms with Gasteiger partial charge in [0.25, 0.3) is 0 Å². The van der Waals surface area contributed by atoms with Crippen LogP contribution in [0.1, 0.15) is 12.0 Å². The number of rotatable bonds is 3. The Morgan fingerprint density at radius 2 is 1.95 bits per heavy atom. The number of nitrogens with two attached hydrogens (primary N) is 1. The summed E-state index contributed by atoms with van der Waals surface area (Å²) >= 11 is 0. The van der Waals surface area contributed by atoms with Crippen molar-refractivity contribution in [1.29, 1.82) is 0 Å². The maximum Gasteiger partial charge on any atom is 0.130 e. The molecule has 1 aliphatic rings. The molecule has 0 saturated heterocycles. The number of para-hydroxylation sites is 2. The summed E-state index contributed by atoms with van der Waals surface area (Å²) in [6, 6.07) is 14.3. The molecule has 104 valence electrons. The van der Waals surface area contributed by atoms with E-state index in [1.807, 2.05) is 18.2 Å². The van der Waals surface area contributed by atoms with Gasteiger partial charge in [-0.15, -0.1) is 0 Å². The largest absolute Gasteiger partial charge is 0.496 e. The van der Waals surface area contributed by atoms with Crippen LogP contribution in [0.3, 0.4) is 0 Å². The maximum atomic E-state index is 6.09. The van der Waals surface area contributed by atoms with Crippen LogP contribution < -0.4 is 15.2 Å². The van der Waals surface area contributed by atoms with Crippen LogP contribution >= 0.6 is 0 Å². The van der Waals surface area contributed by atoms with Gasteiger partial charge >= 0.3 is 0 Å². The normalized spacial score (nSPS) is 17.2. The molecule has 2 N–H and O–H groups in total. The van der Waals surface area contributed by atoms with Crippen molar-refractivity contribution in [1.82, 2.24) is 0 Å². The van der Waals surface area contributed by atoms with Crippen molar-refractivity contribution in [2.45, 2.75) is 18.9 Å². The van der Waals surface area contributed by atoms with Gasteiger partial charge in [-0.1, -0.05) is 36.4 Å². The number of hydrogen-bond acceptors (Lipinski definition) is 3. The molecule has 0 amide bonds. The maximum absolute atomic E-state index is 6.09. The third-order valence-corrected chi connectivity index (χ3v) is 3.78. The average Bonchev–Trinajstić information content (AvgIpc) is 2.53. The molecule has 1 aliphatic heterocycles. The van der Waals surface area contributed by atoms with Crippen molar-refractivity contribution >= 4 is 0 Å². The lowest BCUT2D eigenvalue weighted by atomic mass is 9.95. The number of benzene rings is 2. The second-order valence-electron chi connectivity index (χ2n) is 5.01. The van der Waals surface area contributed by atoms with Crippen LogP contribution in [0.2, 0.25) is 0 Å². The summed E-state index contributed by atoms with van der Waals surface area (Å²) in [5.41, 5.74) is 9.15. The smallest absolute Gasteiger partial charge is 0.130 e. The summed E-state index contributed by atoms with van der Waals surface area (Å²) in [5, 5.41) is 0. The van der Waals surface area contributed by atoms with Gasteiger partial charge in [0.2, 0.25) is 0 Å². The van der Waals surface area contributed by atoms with E-state index in [-0.39, 0.29) is 6.10 Å². The molecule has 0 spiro atoms. The highest BCUT2D eigenvalue weighted by Crippen LogP contribution is 2.41. The Balaban J connectivity index is 2.11. The molecule has 20 heavy (non-hydrogen) atoms. The van der Waals surface area contributed by atoms with Crippen LogP contribution in [-0.2, 0) is 6.42 Å². The Kier molecular flexibility index (Phi) is 3.61. The van der Waals surface area contributed by atoms with E-state index in [4.69, 9.17) is 15.2 Å². The molecule has 0 saturated carbocycles. The minimum absolute atomic E-state index is 0.110. The fraction of sp³-hybridized carbons (Fsp3) is 0.294. The average molecular weight is 269 g/mol. The molecule has 0 fully saturated rings. The van der Waals surface area contributed by atoms with E-state index in [2.05, 4.69) is 24.3 Å². The Morgan fingerprint density at radius 1 is 1.15 bits per heavy atom. The number of aryl methyl sites for hydroxylation is 1. The molecular formula is C17H19NO2. The summed E-state index contributed by atoms with van der Waals surface area (Å²) in [5.74, 6) is 1.82. The molecule has 3 heteroatoms. The van der Waals surface area contributed by atoms with Gasteiger partial charge in [0.05, 0.1) is 7.11 Å². The van der Waals surface area contributed by atoms with E-state index < -0.39 is 0 Å². The van der Waals surface area contributed by atoms with Gasteiger partial charge < -0.3 is 15.2 Å². The quantitative estimate of drug-likeness (QED) is 0.931. The molecule has 0 aromatic heterocycles. The Hall–Kier alpha value is -2.00. The van der Waals surface area contributed by atoms with Crippen molar-refractivity contribution in [3.8, 4) is 22.6 Å². The van der Waals surface area contributed by atoms with Crippen molar-refractivity contribution < 1.29 is 9.47 Å². The highest BCUT2D eigenvalue weighted by atomic mass is 16.5. The minimum Gasteiger partial charge on any atom is -0.496 e. The molecule has 2 aromatic rings. The van der Waals surface area contributed by atoms with Crippen molar-refractivity contribution in [3.63, 3.8) is 0 Å². The highest BCUT2D eigenvalue weighted by Gasteiger charge is 2.22. The molecule has 2 aromatic carbocycles. The van der Waals surface area contributed by atoms with Crippen LogP contribution in [0.15, 0.2) is 42.5 Å². The Morgan fingerprint density at radius 3 is 2.75 bits per heavy atom. The third kappa shape index (κ3) is 2.25. The highest BCUT2D eigenvalue weighted by molar-refractivity contribution is 5.77. The number of fused-ring (bicyclic) bond motifs is 1. The standard InChI is InChI=1S/C17H19NO2/c1-19-16-8-3-2-6-14(16)15-7-4-5-12-9-10-13(11-18)20-17(12)15/h2-8,13H,9-11,18H2,1H3/t13-/m1/s1. The van der Waals surface area contributed by atoms with Crippen LogP contribution in [0.25, 0.3) is 11.1 Å². The van der Waals surface area contributed by atoms with Crippen LogP contribution in [0, 0.1) is 0 Å². The Labute approximate surface area is 119 Å². The predicted octanol–water partition coefficient (Wildman–Crippen LogP) is 3.01. The topological polar surface area (TPSA) is 44.5 Å². The van der Waals surface area contributed by atoms with Gasteiger partial charge in [-0.25, -0.2) is 0 Å². The van der Waals surface area contributed by atoms with Gasteiger partial charge in [0.15, 0.2) is 0 Å². The molecule has 0 radical (unpaired) electrons. The van der Waals surface area contributed by atoms with Crippen molar-refractivity contribution in [3.05, 3.63) is 48.0 Å². The lowest BCUT2D eigenvalue weighted by Crippen LogP contribution is -2.30. The van der Waals surface area contributed by atoms with Gasteiger partial charge in [-0.3, -0.25) is 0 Å². The van der Waals surface area contributed by atoms with E-state index in [0.717, 1.165) is 35.5 Å². The number of ether oxygens (including phenoxy) is 2. The summed E-state index contributed by atoms with van der Waals surface area (Å²) in [4.78, 5) is 0. The van der Waals surface area contributed by atoms with Crippen LogP contribution in [0.4, 0.5) is 0 Å². The number of hydrogen-bond donors (Lipinski definition) is 1. The van der Waals surface area contributed by atoms with E-state index in [0.29, 0.717) is 6.54 Å². The van der Waals surface area contributed by atoms with E-state index in [9.17, 15) is 0 Å². The zero-order chi connectivity index (χ0) is 13.9. The third-order valence-electron chi connectivity index (χ3n) is 3.78. The fourth-order valence-corrected chi connectivity index (χ4v) is 2.71. The fourth-order valence-electron chi connectivity index (χ4n) is 2.71. The predicted molar refractivity (Wildman–Crippen MR) is 80.2 cm³/mol. The summed E-state index contributed by atoms with van der Waals surface area (Å²) in [6.45, 7) is 0.555. The zero-order valence-corrected chi connectivity index (χ0v) is 11.6. The Bertz CT molecular complexity index is 610. The van der Waals surface area contributed by atoms with Gasteiger partial charge in [-0.2, -0.15) is 0 Å². The summed E-state index contributed by atoms with van der Waals surface area (Å²) in [7, 11) is 1.69. The van der Waals surface area contributed by atoms with Crippen LogP contribution in [-0.4, -0.2) is 19.8 Å². The lowest BCUT2D eigenvalue weighted by Gasteiger charge is -2.27. The van der Waals surface area contributed by atoms with Gasteiger partial charge in [-0.05, 0) is 24.5 Å². The van der Waals surface area contributed by atoms with Crippen molar-refractivity contribution in [2.75, 3.05) is 13.7 Å². The lowest BCUT2D eigenvalue weighted by molar-refractivity contribution is 0.182. The molecule has 0 aliphatic carbocycles. The monoisotopic (exact) mass is 269 g/mol. The van der Waals surface area contributed by atoms with E-state index >= 15 is 0 Å². The molecule has 0 unspecified atom stereocenters. The molecule has 1 heterocycles. The molecule has 3 nitrogen and oxygen atoms in total. The molecular weight excluding hydrogens is 250 g/mol. The molecule has 0 bridgehead atoms. The van der Waals surface area contributed by atoms with Gasteiger partial charge in [0.1, 0.15) is 17.6 Å². The second kappa shape index (κ2) is 5.55. The van der Waals surface area contributed by atoms with Gasteiger partial charge in [0, 0.05) is 17.7 Å². The first-order valence-corrected chi connectivity index (χ1v) is 6.95. The first-order chi connectivity index (χ1) is 9.83. The zero-order valence-electron chi connectivity index (χ0n) is 11.6. The van der Waals surface area contributed by atoms with E-state index in [1.54, 1.807) is 7.11 Å². The summed E-state index contributed by atoms with van der Waals surface area (Å²) in [6.07, 6.45) is 2.11. The summed E-state index contributed by atoms with van der Waals surface area (Å²) < 4.78 is 11.5. The minimum atomic E-state index is 0.110. The first-order valence-electron chi connectivity index (χ1n) is 6.95. The molecule has 3 rings (SSSR count). The van der Waals surface area contributed by atoms with Crippen molar-refractivity contribution in [2.24, 2.45) is 5.73 Å². The SMILES string of the molecule is COc1ccccc1-c1cccc2c1O[C@@H](CN)CC2. The number of methoxy groups -OCH3 is 1. The van der Waals surface area contributed by atoms with Crippen LogP contribution in [0.5, 0.6) is 11.5 Å². The van der Waals surface area contributed by atoms with E-state index in [1.165, 1.54) is 5.56 Å².